The highest BCUT2D eigenvalue weighted by Gasteiger charge is 2.51. The summed E-state index contributed by atoms with van der Waals surface area (Å²) in [6, 6.07) is 6.65. The summed E-state index contributed by atoms with van der Waals surface area (Å²) in [6.45, 7) is 2.39. The predicted molar refractivity (Wildman–Crippen MR) is 139 cm³/mol. The summed E-state index contributed by atoms with van der Waals surface area (Å²) in [5, 5.41) is 3.48. The molecule has 9 heteroatoms. The molecule has 4 saturated carbocycles. The van der Waals surface area contributed by atoms with E-state index in [2.05, 4.69) is 5.32 Å². The first kappa shape index (κ1) is 23.8. The average molecular weight is 521 g/mol. The molecule has 198 valence electrons. The molecule has 0 unspecified atom stereocenters. The second-order valence-electron chi connectivity index (χ2n) is 11.6. The zero-order valence-electron chi connectivity index (χ0n) is 21.1. The number of anilines is 1. The number of pyridine rings is 2. The Hall–Kier alpha value is -3.33. The van der Waals surface area contributed by atoms with Crippen LogP contribution in [0.4, 0.5) is 14.6 Å². The summed E-state index contributed by atoms with van der Waals surface area (Å²) < 4.78 is 35.7. The van der Waals surface area contributed by atoms with Crippen LogP contribution in [-0.2, 0) is 4.74 Å². The first-order chi connectivity index (χ1) is 18.4. The number of hydrogen-bond acceptors (Lipinski definition) is 5. The van der Waals surface area contributed by atoms with Gasteiger partial charge in [0.15, 0.2) is 5.65 Å². The third-order valence-electron chi connectivity index (χ3n) is 9.00. The lowest BCUT2D eigenvalue weighted by atomic mass is 9.53. The number of hydrogen-bond donors (Lipinski definition) is 1. The number of carbonyl (C=O) groups excluding carboxylic acids is 1. The highest BCUT2D eigenvalue weighted by molar-refractivity contribution is 5.97. The van der Waals surface area contributed by atoms with Crippen LogP contribution in [0, 0.1) is 29.4 Å². The Kier molecular flexibility index (Phi) is 5.54. The zero-order valence-corrected chi connectivity index (χ0v) is 21.1. The molecule has 7 nitrogen and oxygen atoms in total. The molecule has 0 atom stereocenters. The van der Waals surface area contributed by atoms with Gasteiger partial charge in [0.05, 0.1) is 24.3 Å². The van der Waals surface area contributed by atoms with Crippen LogP contribution in [0.5, 0.6) is 0 Å². The van der Waals surface area contributed by atoms with E-state index in [-0.39, 0.29) is 27.8 Å². The maximum absolute atomic E-state index is 15.0. The van der Waals surface area contributed by atoms with Crippen molar-refractivity contribution in [3.05, 3.63) is 63.9 Å². The van der Waals surface area contributed by atoms with Crippen LogP contribution in [0.15, 0.2) is 41.3 Å². The molecule has 8 rings (SSSR count). The van der Waals surface area contributed by atoms with Crippen molar-refractivity contribution in [3.8, 4) is 5.69 Å². The summed E-state index contributed by atoms with van der Waals surface area (Å²) in [5.41, 5.74) is -0.542. The molecule has 4 aliphatic carbocycles. The Morgan fingerprint density at radius 2 is 1.68 bits per heavy atom. The van der Waals surface area contributed by atoms with Crippen LogP contribution < -0.4 is 15.6 Å². The summed E-state index contributed by atoms with van der Waals surface area (Å²) in [5.74, 6) is 0.566. The zero-order chi connectivity index (χ0) is 26.0. The molecule has 1 aromatic carbocycles. The molecule has 1 aliphatic heterocycles. The van der Waals surface area contributed by atoms with E-state index in [0.29, 0.717) is 49.9 Å². The van der Waals surface area contributed by atoms with Crippen LogP contribution >= 0.6 is 0 Å². The van der Waals surface area contributed by atoms with Gasteiger partial charge in [0.2, 0.25) is 5.43 Å². The first-order valence-electron chi connectivity index (χ1n) is 13.5. The topological polar surface area (TPSA) is 76.5 Å². The number of benzene rings is 1. The van der Waals surface area contributed by atoms with Crippen LogP contribution in [0.25, 0.3) is 16.7 Å². The van der Waals surface area contributed by atoms with Gasteiger partial charge in [-0.3, -0.25) is 14.2 Å². The van der Waals surface area contributed by atoms with Gasteiger partial charge in [-0.15, -0.1) is 0 Å². The molecular formula is C29H30F2N4O3. The Labute approximate surface area is 218 Å². The number of aromatic nitrogens is 2. The van der Waals surface area contributed by atoms with Gasteiger partial charge in [-0.25, -0.2) is 13.8 Å². The van der Waals surface area contributed by atoms with Gasteiger partial charge >= 0.3 is 0 Å². The van der Waals surface area contributed by atoms with E-state index in [0.717, 1.165) is 31.4 Å². The van der Waals surface area contributed by atoms with Crippen molar-refractivity contribution in [2.24, 2.45) is 17.8 Å². The van der Waals surface area contributed by atoms with Crippen LogP contribution in [-0.4, -0.2) is 47.3 Å². The fourth-order valence-electron chi connectivity index (χ4n) is 7.76. The standard InChI is InChI=1S/C29H30F2N4O3/c30-20-1-3-24(23(31)12-20)35-16-22(28(37)33-29-13-17-9-18(14-29)11-19(10-17)15-29)26(36)21-2-4-25(32-27(21)35)34-5-7-38-8-6-34/h1-4,12,16-19H,5-11,13-15H2,(H,33,37). The van der Waals surface area contributed by atoms with Crippen LogP contribution in [0.1, 0.15) is 48.9 Å². The first-order valence-corrected chi connectivity index (χ1v) is 13.5. The number of halogens is 2. The number of rotatable bonds is 4. The molecule has 38 heavy (non-hydrogen) atoms. The highest BCUT2D eigenvalue weighted by atomic mass is 19.1. The summed E-state index contributed by atoms with van der Waals surface area (Å²) in [6.07, 6.45) is 7.92. The Bertz CT molecular complexity index is 1460. The lowest BCUT2D eigenvalue weighted by Crippen LogP contribution is -2.60. The molecule has 4 bridgehead atoms. The fraction of sp³-hybridized carbons (Fsp3) is 0.483. The van der Waals surface area contributed by atoms with E-state index < -0.39 is 23.0 Å². The molecular weight excluding hydrogens is 490 g/mol. The Balaban J connectivity index is 1.33. The average Bonchev–Trinajstić information content (AvgIpc) is 2.88. The highest BCUT2D eigenvalue weighted by Crippen LogP contribution is 2.55. The van der Waals surface area contributed by atoms with E-state index in [1.54, 1.807) is 12.1 Å². The van der Waals surface area contributed by atoms with E-state index >= 15 is 4.39 Å². The van der Waals surface area contributed by atoms with Gasteiger partial charge in [-0.1, -0.05) is 0 Å². The smallest absolute Gasteiger partial charge is 0.257 e. The van der Waals surface area contributed by atoms with Crippen molar-refractivity contribution in [2.45, 2.75) is 44.1 Å². The molecule has 3 heterocycles. The monoisotopic (exact) mass is 520 g/mol. The van der Waals surface area contributed by atoms with Crippen molar-refractivity contribution < 1.29 is 18.3 Å². The van der Waals surface area contributed by atoms with E-state index in [1.165, 1.54) is 36.1 Å². The molecule has 0 spiro atoms. The second-order valence-corrected chi connectivity index (χ2v) is 11.6. The largest absolute Gasteiger partial charge is 0.378 e. The number of amides is 1. The number of nitrogens with zero attached hydrogens (tertiary/aromatic N) is 3. The lowest BCUT2D eigenvalue weighted by molar-refractivity contribution is -0.0167. The summed E-state index contributed by atoms with van der Waals surface area (Å²) in [4.78, 5) is 34.1. The third kappa shape index (κ3) is 3.99. The van der Waals surface area contributed by atoms with Gasteiger partial charge in [0, 0.05) is 30.9 Å². The lowest BCUT2D eigenvalue weighted by Gasteiger charge is -2.56. The fourth-order valence-corrected chi connectivity index (χ4v) is 7.76. The normalized spacial score (nSPS) is 28.2. The Morgan fingerprint density at radius 3 is 2.34 bits per heavy atom. The Morgan fingerprint density at radius 1 is 1.00 bits per heavy atom. The number of nitrogens with one attached hydrogen (secondary N) is 1. The molecule has 3 aromatic rings. The van der Waals surface area contributed by atoms with Gasteiger partial charge in [0.25, 0.3) is 5.91 Å². The predicted octanol–water partition coefficient (Wildman–Crippen LogP) is 4.20. The van der Waals surface area contributed by atoms with Crippen molar-refractivity contribution in [1.82, 2.24) is 14.9 Å². The number of fused-ring (bicyclic) bond motifs is 1. The second kappa shape index (κ2) is 8.86. The van der Waals surface area contributed by atoms with Crippen molar-refractivity contribution >= 4 is 22.8 Å². The van der Waals surface area contributed by atoms with Crippen LogP contribution in [0.3, 0.4) is 0 Å². The minimum atomic E-state index is -0.805. The third-order valence-corrected chi connectivity index (χ3v) is 9.00. The molecule has 1 N–H and O–H groups in total. The van der Waals surface area contributed by atoms with Crippen molar-refractivity contribution in [2.75, 3.05) is 31.2 Å². The maximum atomic E-state index is 15.0. The minimum absolute atomic E-state index is 0.0203. The molecule has 1 saturated heterocycles. The van der Waals surface area contributed by atoms with E-state index in [9.17, 15) is 14.0 Å². The number of morpholine rings is 1. The van der Waals surface area contributed by atoms with Gasteiger partial charge in [-0.05, 0) is 80.5 Å². The maximum Gasteiger partial charge on any atom is 0.257 e. The quantitative estimate of drug-likeness (QED) is 0.558. The van der Waals surface area contributed by atoms with Gasteiger partial charge in [0.1, 0.15) is 23.0 Å². The summed E-state index contributed by atoms with van der Waals surface area (Å²) >= 11 is 0. The van der Waals surface area contributed by atoms with Gasteiger partial charge in [-0.2, -0.15) is 0 Å². The van der Waals surface area contributed by atoms with Crippen LogP contribution in [0.2, 0.25) is 0 Å². The van der Waals surface area contributed by atoms with E-state index in [4.69, 9.17) is 9.72 Å². The van der Waals surface area contributed by atoms with Crippen molar-refractivity contribution in [3.63, 3.8) is 0 Å². The minimum Gasteiger partial charge on any atom is -0.378 e. The number of ether oxygens (including phenoxy) is 1. The summed E-state index contributed by atoms with van der Waals surface area (Å²) in [7, 11) is 0. The molecule has 5 aliphatic rings. The molecule has 0 radical (unpaired) electrons. The molecule has 1 amide bonds. The SMILES string of the molecule is O=C(NC12CC3CC(CC(C3)C1)C2)c1cn(-c2ccc(F)cc2F)c2nc(N3CCOCC3)ccc2c1=O. The van der Waals surface area contributed by atoms with Crippen molar-refractivity contribution in [1.29, 1.82) is 0 Å². The number of carbonyl (C=O) groups is 1. The molecule has 2 aromatic heterocycles. The van der Waals surface area contributed by atoms with E-state index in [1.807, 2.05) is 4.90 Å². The molecule has 5 fully saturated rings. The van der Waals surface area contributed by atoms with Gasteiger partial charge < -0.3 is 15.0 Å².